The summed E-state index contributed by atoms with van der Waals surface area (Å²) in [5.41, 5.74) is -0.0252. The van der Waals surface area contributed by atoms with Crippen LogP contribution >= 0.6 is 0 Å². The summed E-state index contributed by atoms with van der Waals surface area (Å²) < 4.78 is 5.71. The van der Waals surface area contributed by atoms with Crippen molar-refractivity contribution in [2.75, 3.05) is 39.3 Å². The maximum Gasteiger partial charge on any atom is 0.191 e. The highest BCUT2D eigenvalue weighted by Gasteiger charge is 2.26. The van der Waals surface area contributed by atoms with Gasteiger partial charge in [-0.25, -0.2) is 0 Å². The molecule has 1 rings (SSSR count). The molecule has 1 aliphatic heterocycles. The normalized spacial score (nSPS) is 20.6. The van der Waals surface area contributed by atoms with E-state index < -0.39 is 0 Å². The average Bonchev–Trinajstić information content (AvgIpc) is 2.27. The summed E-state index contributed by atoms with van der Waals surface area (Å²) in [6.45, 7) is 16.1. The maximum atomic E-state index is 5.71. The van der Waals surface area contributed by atoms with Gasteiger partial charge in [0.25, 0.3) is 0 Å². The summed E-state index contributed by atoms with van der Waals surface area (Å²) >= 11 is 0. The van der Waals surface area contributed by atoms with Gasteiger partial charge >= 0.3 is 0 Å². The molecule has 19 heavy (non-hydrogen) atoms. The second-order valence-electron chi connectivity index (χ2n) is 5.94. The van der Waals surface area contributed by atoms with Gasteiger partial charge in [0.15, 0.2) is 5.96 Å². The van der Waals surface area contributed by atoms with Crippen LogP contribution in [0.2, 0.25) is 0 Å². The van der Waals surface area contributed by atoms with E-state index in [1.165, 1.54) is 0 Å². The lowest BCUT2D eigenvalue weighted by atomic mass is 10.1. The van der Waals surface area contributed by atoms with Crippen LogP contribution in [0.4, 0.5) is 0 Å². The molecule has 1 saturated heterocycles. The molecular formula is C14H30N4O. The molecule has 1 aliphatic rings. The highest BCUT2D eigenvalue weighted by atomic mass is 16.5. The molecular weight excluding hydrogens is 240 g/mol. The van der Waals surface area contributed by atoms with Gasteiger partial charge in [0, 0.05) is 32.2 Å². The Morgan fingerprint density at radius 1 is 1.42 bits per heavy atom. The van der Waals surface area contributed by atoms with Crippen molar-refractivity contribution < 1.29 is 4.74 Å². The Kier molecular flexibility index (Phi) is 6.58. The van der Waals surface area contributed by atoms with Gasteiger partial charge in [0.1, 0.15) is 0 Å². The zero-order valence-electron chi connectivity index (χ0n) is 13.1. The van der Waals surface area contributed by atoms with Crippen molar-refractivity contribution in [2.24, 2.45) is 4.99 Å². The first-order valence-electron chi connectivity index (χ1n) is 7.34. The van der Waals surface area contributed by atoms with Gasteiger partial charge in [-0.1, -0.05) is 0 Å². The summed E-state index contributed by atoms with van der Waals surface area (Å²) in [6.07, 6.45) is 0. The van der Waals surface area contributed by atoms with E-state index in [0.717, 1.165) is 45.3 Å². The molecule has 0 aliphatic carbocycles. The second kappa shape index (κ2) is 7.70. The zero-order valence-corrected chi connectivity index (χ0v) is 13.1. The smallest absolute Gasteiger partial charge is 0.191 e. The largest absolute Gasteiger partial charge is 0.373 e. The standard InChI is InChI=1S/C14H30N4O/c1-6-15-13(17-12(2)3)16-7-8-18-9-10-19-14(4,5)11-18/h12H,6-11H2,1-5H3,(H2,15,16,17). The molecule has 1 fully saturated rings. The molecule has 5 nitrogen and oxygen atoms in total. The highest BCUT2D eigenvalue weighted by molar-refractivity contribution is 5.79. The molecule has 0 bridgehead atoms. The van der Waals surface area contributed by atoms with Gasteiger partial charge in [-0.3, -0.25) is 9.89 Å². The SMILES string of the molecule is CCNC(=NCCN1CCOC(C)(C)C1)NC(C)C. The molecule has 0 aromatic heterocycles. The molecule has 112 valence electrons. The quantitative estimate of drug-likeness (QED) is 0.579. The highest BCUT2D eigenvalue weighted by Crippen LogP contribution is 2.15. The number of hydrogen-bond acceptors (Lipinski definition) is 3. The number of nitrogens with zero attached hydrogens (tertiary/aromatic N) is 2. The Bertz CT molecular complexity index is 289. The first-order chi connectivity index (χ1) is 8.93. The molecule has 0 aromatic rings. The third-order valence-electron chi connectivity index (χ3n) is 2.96. The van der Waals surface area contributed by atoms with Crippen molar-refractivity contribution in [1.82, 2.24) is 15.5 Å². The Morgan fingerprint density at radius 2 is 2.16 bits per heavy atom. The average molecular weight is 270 g/mol. The van der Waals surface area contributed by atoms with Crippen LogP contribution in [0.3, 0.4) is 0 Å². The lowest BCUT2D eigenvalue weighted by Crippen LogP contribution is -2.49. The molecule has 0 unspecified atom stereocenters. The predicted octanol–water partition coefficient (Wildman–Crippen LogP) is 1.06. The number of aliphatic imine (C=N–C) groups is 1. The minimum absolute atomic E-state index is 0.0252. The van der Waals surface area contributed by atoms with E-state index in [-0.39, 0.29) is 5.60 Å². The van der Waals surface area contributed by atoms with E-state index in [4.69, 9.17) is 4.74 Å². The molecule has 0 radical (unpaired) electrons. The van der Waals surface area contributed by atoms with E-state index in [1.54, 1.807) is 0 Å². The summed E-state index contributed by atoms with van der Waals surface area (Å²) in [5.74, 6) is 0.907. The lowest BCUT2D eigenvalue weighted by molar-refractivity contribution is -0.0850. The van der Waals surface area contributed by atoms with Gasteiger partial charge < -0.3 is 15.4 Å². The van der Waals surface area contributed by atoms with Gasteiger partial charge in [-0.05, 0) is 34.6 Å². The van der Waals surface area contributed by atoms with Crippen LogP contribution in [-0.4, -0.2) is 61.8 Å². The molecule has 0 aromatic carbocycles. The van der Waals surface area contributed by atoms with Crippen LogP contribution in [-0.2, 0) is 4.74 Å². The predicted molar refractivity (Wildman–Crippen MR) is 80.7 cm³/mol. The van der Waals surface area contributed by atoms with Crippen LogP contribution in [0, 0.1) is 0 Å². The first kappa shape index (κ1) is 16.2. The molecule has 0 saturated carbocycles. The number of guanidine groups is 1. The van der Waals surface area contributed by atoms with Crippen molar-refractivity contribution in [3.63, 3.8) is 0 Å². The summed E-state index contributed by atoms with van der Waals surface area (Å²) in [7, 11) is 0. The minimum Gasteiger partial charge on any atom is -0.373 e. The lowest BCUT2D eigenvalue weighted by Gasteiger charge is -2.37. The fourth-order valence-electron chi connectivity index (χ4n) is 2.20. The summed E-state index contributed by atoms with van der Waals surface area (Å²) in [4.78, 5) is 7.03. The van der Waals surface area contributed by atoms with E-state index >= 15 is 0 Å². The molecule has 2 N–H and O–H groups in total. The van der Waals surface area contributed by atoms with Gasteiger partial charge in [-0.2, -0.15) is 0 Å². The van der Waals surface area contributed by atoms with Crippen molar-refractivity contribution in [3.05, 3.63) is 0 Å². The van der Waals surface area contributed by atoms with Crippen molar-refractivity contribution in [2.45, 2.75) is 46.3 Å². The maximum absolute atomic E-state index is 5.71. The molecule has 0 amide bonds. The first-order valence-corrected chi connectivity index (χ1v) is 7.34. The third kappa shape index (κ3) is 6.78. The van der Waals surface area contributed by atoms with E-state index in [2.05, 4.69) is 55.1 Å². The Morgan fingerprint density at radius 3 is 2.74 bits per heavy atom. The van der Waals surface area contributed by atoms with Crippen molar-refractivity contribution in [3.8, 4) is 0 Å². The fourth-order valence-corrected chi connectivity index (χ4v) is 2.20. The Labute approximate surface area is 117 Å². The van der Waals surface area contributed by atoms with Crippen LogP contribution in [0.1, 0.15) is 34.6 Å². The number of nitrogens with one attached hydrogen (secondary N) is 2. The summed E-state index contributed by atoms with van der Waals surface area (Å²) in [5, 5.41) is 6.59. The number of rotatable bonds is 5. The number of hydrogen-bond donors (Lipinski definition) is 2. The fraction of sp³-hybridized carbons (Fsp3) is 0.929. The molecule has 5 heteroatoms. The van der Waals surface area contributed by atoms with E-state index in [9.17, 15) is 0 Å². The zero-order chi connectivity index (χ0) is 14.3. The number of ether oxygens (including phenoxy) is 1. The van der Waals surface area contributed by atoms with Crippen molar-refractivity contribution >= 4 is 5.96 Å². The van der Waals surface area contributed by atoms with E-state index in [0.29, 0.717) is 6.04 Å². The Balaban J connectivity index is 2.37. The van der Waals surface area contributed by atoms with Crippen molar-refractivity contribution in [1.29, 1.82) is 0 Å². The number of morpholine rings is 1. The van der Waals surface area contributed by atoms with Gasteiger partial charge in [-0.15, -0.1) is 0 Å². The van der Waals surface area contributed by atoms with Crippen LogP contribution < -0.4 is 10.6 Å². The van der Waals surface area contributed by atoms with Gasteiger partial charge in [0.05, 0.1) is 18.8 Å². The second-order valence-corrected chi connectivity index (χ2v) is 5.94. The van der Waals surface area contributed by atoms with Gasteiger partial charge in [0.2, 0.25) is 0 Å². The summed E-state index contributed by atoms with van der Waals surface area (Å²) in [6, 6.07) is 0.403. The Hall–Kier alpha value is -0.810. The van der Waals surface area contributed by atoms with Crippen LogP contribution in [0.15, 0.2) is 4.99 Å². The topological polar surface area (TPSA) is 48.9 Å². The molecule has 1 heterocycles. The van der Waals surface area contributed by atoms with E-state index in [1.807, 2.05) is 0 Å². The molecule has 0 atom stereocenters. The molecule has 0 spiro atoms. The third-order valence-corrected chi connectivity index (χ3v) is 2.96. The minimum atomic E-state index is -0.0252. The van der Waals surface area contributed by atoms with Crippen LogP contribution in [0.25, 0.3) is 0 Å². The monoisotopic (exact) mass is 270 g/mol. The van der Waals surface area contributed by atoms with Crippen LogP contribution in [0.5, 0.6) is 0 Å².